The molecule has 2 atom stereocenters. The number of ether oxygens (including phenoxy) is 1. The van der Waals surface area contributed by atoms with Gasteiger partial charge >= 0.3 is 5.97 Å². The van der Waals surface area contributed by atoms with Gasteiger partial charge in [-0.05, 0) is 63.9 Å². The summed E-state index contributed by atoms with van der Waals surface area (Å²) >= 11 is 0. The van der Waals surface area contributed by atoms with Gasteiger partial charge in [-0.25, -0.2) is 4.79 Å². The highest BCUT2D eigenvalue weighted by Crippen LogP contribution is 2.44. The van der Waals surface area contributed by atoms with E-state index < -0.39 is 17.7 Å². The normalized spacial score (nSPS) is 23.8. The molecule has 0 aromatic heterocycles. The molecule has 31 heavy (non-hydrogen) atoms. The summed E-state index contributed by atoms with van der Waals surface area (Å²) in [6.07, 6.45) is 5.28. The number of piperidine rings is 1. The molecule has 164 valence electrons. The molecule has 2 N–H and O–H groups in total. The van der Waals surface area contributed by atoms with E-state index in [1.807, 2.05) is 0 Å². The molecule has 0 aliphatic carbocycles. The first-order valence-electron chi connectivity index (χ1n) is 11.0. The van der Waals surface area contributed by atoms with Crippen molar-refractivity contribution in [2.75, 3.05) is 19.6 Å². The summed E-state index contributed by atoms with van der Waals surface area (Å²) in [5.41, 5.74) is 1.40. The predicted octanol–water partition coefficient (Wildman–Crippen LogP) is 3.86. The third-order valence-electron chi connectivity index (χ3n) is 6.52. The number of nitrogens with zero attached hydrogens (tertiary/aromatic N) is 1. The monoisotopic (exact) mass is 423 g/mol. The molecule has 0 radical (unpaired) electrons. The quantitative estimate of drug-likeness (QED) is 0.734. The minimum absolute atomic E-state index is 0.0302. The molecule has 2 aromatic carbocycles. The lowest BCUT2D eigenvalue weighted by Crippen LogP contribution is -2.47. The maximum absolute atomic E-state index is 13.4. The molecule has 0 saturated carbocycles. The summed E-state index contributed by atoms with van der Waals surface area (Å²) < 4.78 is 5.96. The van der Waals surface area contributed by atoms with Gasteiger partial charge in [-0.15, -0.1) is 0 Å². The van der Waals surface area contributed by atoms with Crippen LogP contribution in [0.25, 0.3) is 0 Å². The molecular formula is C25H29NO5. The van der Waals surface area contributed by atoms with Crippen LogP contribution in [0.2, 0.25) is 0 Å². The number of fused-ring (bicyclic) bond motifs is 1. The minimum atomic E-state index is -1.91. The lowest BCUT2D eigenvalue weighted by atomic mass is 9.81. The van der Waals surface area contributed by atoms with Crippen molar-refractivity contribution in [2.45, 2.75) is 44.8 Å². The molecule has 0 bridgehead atoms. The topological polar surface area (TPSA) is 87.1 Å². The molecule has 2 heterocycles. The van der Waals surface area contributed by atoms with E-state index in [9.17, 15) is 19.8 Å². The number of rotatable bonds is 6. The molecule has 4 rings (SSSR count). The number of carboxylic acids is 1. The van der Waals surface area contributed by atoms with E-state index in [1.165, 1.54) is 25.3 Å². The van der Waals surface area contributed by atoms with Crippen LogP contribution < -0.4 is 4.74 Å². The Hall–Kier alpha value is -2.70. The van der Waals surface area contributed by atoms with E-state index in [4.69, 9.17) is 4.74 Å². The number of hydrogen-bond donors (Lipinski definition) is 2. The highest BCUT2D eigenvalue weighted by Gasteiger charge is 2.49. The molecule has 1 fully saturated rings. The molecule has 0 spiro atoms. The molecule has 2 aliphatic heterocycles. The molecule has 1 saturated heterocycles. The van der Waals surface area contributed by atoms with Crippen molar-refractivity contribution < 1.29 is 24.5 Å². The van der Waals surface area contributed by atoms with Crippen LogP contribution in [0, 0.1) is 5.92 Å². The van der Waals surface area contributed by atoms with Crippen LogP contribution in [0.15, 0.2) is 42.5 Å². The number of aryl methyl sites for hydroxylation is 1. The molecular weight excluding hydrogens is 394 g/mol. The van der Waals surface area contributed by atoms with Crippen molar-refractivity contribution in [3.63, 3.8) is 0 Å². The average molecular weight is 424 g/mol. The van der Waals surface area contributed by atoms with Gasteiger partial charge < -0.3 is 19.8 Å². The summed E-state index contributed by atoms with van der Waals surface area (Å²) in [7, 11) is 0. The fraction of sp³-hybridized carbons (Fsp3) is 0.440. The summed E-state index contributed by atoms with van der Waals surface area (Å²) in [5, 5.41) is 21.0. The van der Waals surface area contributed by atoms with Crippen molar-refractivity contribution in [1.29, 1.82) is 0 Å². The Labute approximate surface area is 182 Å². The fourth-order valence-corrected chi connectivity index (χ4v) is 4.68. The first-order valence-corrected chi connectivity index (χ1v) is 11.0. The minimum Gasteiger partial charge on any atom is -0.478 e. The number of Topliss-reactive ketones (excluding diaryl/α,β-unsaturated/α-hetero) is 1. The van der Waals surface area contributed by atoms with Gasteiger partial charge in [0.25, 0.3) is 0 Å². The highest BCUT2D eigenvalue weighted by atomic mass is 16.6. The number of ketones is 1. The zero-order valence-corrected chi connectivity index (χ0v) is 17.8. The van der Waals surface area contributed by atoms with Gasteiger partial charge in [0.05, 0.1) is 11.5 Å². The fourth-order valence-electron chi connectivity index (χ4n) is 4.68. The zero-order valence-electron chi connectivity index (χ0n) is 17.8. The number of carbonyl (C=O) groups is 2. The Balaban J connectivity index is 1.66. The Bertz CT molecular complexity index is 967. The van der Waals surface area contributed by atoms with Gasteiger partial charge in [-0.3, -0.25) is 4.79 Å². The highest BCUT2D eigenvalue weighted by molar-refractivity contribution is 6.06. The van der Waals surface area contributed by atoms with Gasteiger partial charge in [-0.1, -0.05) is 42.8 Å². The molecule has 2 unspecified atom stereocenters. The lowest BCUT2D eigenvalue weighted by molar-refractivity contribution is -0.176. The Kier molecular flexibility index (Phi) is 6.12. The Morgan fingerprint density at radius 2 is 1.84 bits per heavy atom. The maximum Gasteiger partial charge on any atom is 0.339 e. The van der Waals surface area contributed by atoms with Crippen LogP contribution in [0.3, 0.4) is 0 Å². The van der Waals surface area contributed by atoms with Crippen molar-refractivity contribution >= 4 is 11.8 Å². The number of benzene rings is 2. The number of hydrogen-bond acceptors (Lipinski definition) is 5. The van der Waals surface area contributed by atoms with E-state index in [2.05, 4.69) is 4.90 Å². The Morgan fingerprint density at radius 1 is 1.13 bits per heavy atom. The van der Waals surface area contributed by atoms with Gasteiger partial charge in [0.1, 0.15) is 11.3 Å². The average Bonchev–Trinajstić information content (AvgIpc) is 2.78. The molecule has 6 nitrogen and oxygen atoms in total. The maximum atomic E-state index is 13.4. The number of aliphatic hydroxyl groups is 1. The van der Waals surface area contributed by atoms with Crippen LogP contribution in [0.4, 0.5) is 0 Å². The summed E-state index contributed by atoms with van der Waals surface area (Å²) in [6, 6.07) is 11.9. The van der Waals surface area contributed by atoms with Crippen molar-refractivity contribution in [3.05, 3.63) is 64.7 Å². The van der Waals surface area contributed by atoms with Crippen LogP contribution in [0.5, 0.6) is 5.75 Å². The summed E-state index contributed by atoms with van der Waals surface area (Å²) in [6.45, 7) is 4.80. The standard InChI is InChI=1S/C25H29NO5/c1-17-22(27)21-18(9-8-16-26-14-6-3-7-15-26)12-13-20(24(28)29)23(21)31-25(17,30)19-10-4-2-5-11-19/h2,4-5,10-13,17,30H,3,6-9,14-16H2,1H3,(H,28,29). The smallest absolute Gasteiger partial charge is 0.339 e. The largest absolute Gasteiger partial charge is 0.478 e. The van der Waals surface area contributed by atoms with Gasteiger partial charge in [0, 0.05) is 5.56 Å². The van der Waals surface area contributed by atoms with Crippen LogP contribution in [-0.2, 0) is 12.2 Å². The number of carbonyl (C=O) groups excluding carboxylic acids is 1. The van der Waals surface area contributed by atoms with Gasteiger partial charge in [0.2, 0.25) is 5.79 Å². The number of aromatic carboxylic acids is 1. The second-order valence-corrected chi connectivity index (χ2v) is 8.54. The summed E-state index contributed by atoms with van der Waals surface area (Å²) in [5.74, 6) is -4.29. The first kappa shape index (κ1) is 21.5. The van der Waals surface area contributed by atoms with Crippen molar-refractivity contribution in [3.8, 4) is 5.75 Å². The lowest BCUT2D eigenvalue weighted by Gasteiger charge is -2.39. The molecule has 0 amide bonds. The molecule has 2 aliphatic rings. The zero-order chi connectivity index (χ0) is 22.0. The molecule has 2 aromatic rings. The number of likely N-dealkylation sites (tertiary alicyclic amines) is 1. The predicted molar refractivity (Wildman–Crippen MR) is 116 cm³/mol. The van der Waals surface area contributed by atoms with Crippen molar-refractivity contribution in [1.82, 2.24) is 4.90 Å². The molecule has 6 heteroatoms. The van der Waals surface area contributed by atoms with E-state index in [-0.39, 0.29) is 17.1 Å². The van der Waals surface area contributed by atoms with Crippen molar-refractivity contribution in [2.24, 2.45) is 5.92 Å². The third-order valence-corrected chi connectivity index (χ3v) is 6.52. The first-order chi connectivity index (χ1) is 14.9. The van der Waals surface area contributed by atoms with Crippen LogP contribution in [0.1, 0.15) is 64.4 Å². The van der Waals surface area contributed by atoms with E-state index >= 15 is 0 Å². The van der Waals surface area contributed by atoms with E-state index in [0.29, 0.717) is 17.5 Å². The van der Waals surface area contributed by atoms with Gasteiger partial charge in [0.15, 0.2) is 5.78 Å². The summed E-state index contributed by atoms with van der Waals surface area (Å²) in [4.78, 5) is 27.7. The number of carboxylic acid groups (broad SMARTS) is 1. The second-order valence-electron chi connectivity index (χ2n) is 8.54. The SMILES string of the molecule is CC1C(=O)c2c(CCCN3CCCCC3)ccc(C(=O)O)c2OC1(O)c1ccccc1. The second kappa shape index (κ2) is 8.81. The van der Waals surface area contributed by atoms with Crippen LogP contribution in [-0.4, -0.2) is 46.5 Å². The van der Waals surface area contributed by atoms with E-state index in [1.54, 1.807) is 43.3 Å². The van der Waals surface area contributed by atoms with Gasteiger partial charge in [-0.2, -0.15) is 0 Å². The van der Waals surface area contributed by atoms with E-state index in [0.717, 1.165) is 31.6 Å². The Morgan fingerprint density at radius 3 is 2.52 bits per heavy atom. The third kappa shape index (κ3) is 4.10. The van der Waals surface area contributed by atoms with Crippen LogP contribution >= 0.6 is 0 Å².